The highest BCUT2D eigenvalue weighted by Gasteiger charge is 2.16. The summed E-state index contributed by atoms with van der Waals surface area (Å²) in [6.45, 7) is 1.07. The molecule has 0 rings (SSSR count). The Bertz CT molecular complexity index is 169. The molecule has 84 valence electrons. The van der Waals surface area contributed by atoms with Crippen molar-refractivity contribution in [3.8, 4) is 0 Å². The largest absolute Gasteiger partial charge is 0.368 e. The number of amides is 1. The van der Waals surface area contributed by atoms with Gasteiger partial charge in [-0.3, -0.25) is 9.69 Å². The lowest BCUT2D eigenvalue weighted by molar-refractivity contribution is -0.122. The molecule has 1 unspecified atom stereocenters. The maximum Gasteiger partial charge on any atom is 0.234 e. The lowest BCUT2D eigenvalue weighted by Gasteiger charge is -2.21. The fourth-order valence-electron chi connectivity index (χ4n) is 1.42. The summed E-state index contributed by atoms with van der Waals surface area (Å²) < 4.78 is 0. The van der Waals surface area contributed by atoms with E-state index in [2.05, 4.69) is 19.0 Å². The maximum absolute atomic E-state index is 11.0. The zero-order valence-corrected chi connectivity index (χ0v) is 9.79. The van der Waals surface area contributed by atoms with Crippen molar-refractivity contribution in [1.29, 1.82) is 0 Å². The van der Waals surface area contributed by atoms with Crippen LogP contribution < -0.4 is 5.73 Å². The Kier molecular flexibility index (Phi) is 6.49. The SMILES string of the molecule is CN(C)CCCCC(C(N)=O)N(C)C. The van der Waals surface area contributed by atoms with Crippen LogP contribution in [0.15, 0.2) is 0 Å². The summed E-state index contributed by atoms with van der Waals surface area (Å²) in [5.74, 6) is -0.222. The third kappa shape index (κ3) is 5.94. The molecule has 0 aromatic heterocycles. The molecule has 0 bridgehead atoms. The lowest BCUT2D eigenvalue weighted by Crippen LogP contribution is -2.40. The predicted molar refractivity (Wildman–Crippen MR) is 59.1 cm³/mol. The van der Waals surface area contributed by atoms with E-state index in [0.717, 1.165) is 25.8 Å². The molecule has 0 saturated heterocycles. The highest BCUT2D eigenvalue weighted by atomic mass is 16.1. The molecule has 0 fully saturated rings. The van der Waals surface area contributed by atoms with Crippen molar-refractivity contribution < 1.29 is 4.79 Å². The normalized spacial score (nSPS) is 13.6. The highest BCUT2D eigenvalue weighted by Crippen LogP contribution is 2.05. The van der Waals surface area contributed by atoms with E-state index in [1.165, 1.54) is 0 Å². The van der Waals surface area contributed by atoms with Gasteiger partial charge in [-0.2, -0.15) is 0 Å². The van der Waals surface area contributed by atoms with E-state index in [0.29, 0.717) is 0 Å². The van der Waals surface area contributed by atoms with Crippen molar-refractivity contribution in [3.05, 3.63) is 0 Å². The number of unbranched alkanes of at least 4 members (excludes halogenated alkanes) is 1. The van der Waals surface area contributed by atoms with Gasteiger partial charge in [0.05, 0.1) is 6.04 Å². The molecular formula is C10H23N3O. The van der Waals surface area contributed by atoms with E-state index in [-0.39, 0.29) is 11.9 Å². The smallest absolute Gasteiger partial charge is 0.234 e. The van der Waals surface area contributed by atoms with Crippen LogP contribution in [0.25, 0.3) is 0 Å². The van der Waals surface area contributed by atoms with E-state index >= 15 is 0 Å². The Morgan fingerprint density at radius 3 is 2.14 bits per heavy atom. The second-order valence-corrected chi connectivity index (χ2v) is 4.18. The first-order valence-corrected chi connectivity index (χ1v) is 5.05. The summed E-state index contributed by atoms with van der Waals surface area (Å²) in [5.41, 5.74) is 5.29. The number of rotatable bonds is 7. The third-order valence-corrected chi connectivity index (χ3v) is 2.28. The van der Waals surface area contributed by atoms with E-state index in [9.17, 15) is 4.79 Å². The average molecular weight is 201 g/mol. The number of likely N-dealkylation sites (N-methyl/N-ethyl adjacent to an activating group) is 1. The van der Waals surface area contributed by atoms with Crippen LogP contribution in [0.3, 0.4) is 0 Å². The van der Waals surface area contributed by atoms with E-state index in [1.807, 2.05) is 19.0 Å². The molecule has 0 aliphatic carbocycles. The second-order valence-electron chi connectivity index (χ2n) is 4.18. The minimum atomic E-state index is -0.222. The van der Waals surface area contributed by atoms with Gasteiger partial charge < -0.3 is 10.6 Å². The van der Waals surface area contributed by atoms with Crippen LogP contribution in [0.2, 0.25) is 0 Å². The van der Waals surface area contributed by atoms with Crippen molar-refractivity contribution in [2.75, 3.05) is 34.7 Å². The van der Waals surface area contributed by atoms with Crippen molar-refractivity contribution >= 4 is 5.91 Å². The van der Waals surface area contributed by atoms with Crippen molar-refractivity contribution in [2.45, 2.75) is 25.3 Å². The van der Waals surface area contributed by atoms with Gasteiger partial charge >= 0.3 is 0 Å². The van der Waals surface area contributed by atoms with Gasteiger partial charge in [-0.25, -0.2) is 0 Å². The first-order valence-electron chi connectivity index (χ1n) is 5.05. The first kappa shape index (κ1) is 13.4. The molecule has 4 heteroatoms. The van der Waals surface area contributed by atoms with Crippen LogP contribution >= 0.6 is 0 Å². The van der Waals surface area contributed by atoms with Crippen LogP contribution in [0.5, 0.6) is 0 Å². The standard InChI is InChI=1S/C10H23N3O/c1-12(2)8-6-5-7-9(10(11)14)13(3)4/h9H,5-8H2,1-4H3,(H2,11,14). The number of hydrogen-bond donors (Lipinski definition) is 1. The van der Waals surface area contributed by atoms with Gasteiger partial charge in [0.2, 0.25) is 5.91 Å². The van der Waals surface area contributed by atoms with Crippen LogP contribution in [-0.4, -0.2) is 56.5 Å². The summed E-state index contributed by atoms with van der Waals surface area (Å²) in [7, 11) is 7.89. The van der Waals surface area contributed by atoms with Crippen molar-refractivity contribution in [1.82, 2.24) is 9.80 Å². The van der Waals surface area contributed by atoms with Gasteiger partial charge in [-0.15, -0.1) is 0 Å². The topological polar surface area (TPSA) is 49.6 Å². The quantitative estimate of drug-likeness (QED) is 0.596. The Morgan fingerprint density at radius 1 is 1.21 bits per heavy atom. The molecule has 0 heterocycles. The summed E-state index contributed by atoms with van der Waals surface area (Å²) >= 11 is 0. The Hall–Kier alpha value is -0.610. The maximum atomic E-state index is 11.0. The van der Waals surface area contributed by atoms with Gasteiger partial charge in [-0.1, -0.05) is 6.42 Å². The van der Waals surface area contributed by atoms with Crippen LogP contribution in [0, 0.1) is 0 Å². The van der Waals surface area contributed by atoms with Gasteiger partial charge in [-0.05, 0) is 47.6 Å². The molecule has 0 aliphatic heterocycles. The fourth-order valence-corrected chi connectivity index (χ4v) is 1.42. The highest BCUT2D eigenvalue weighted by molar-refractivity contribution is 5.79. The molecule has 1 amide bonds. The number of carbonyl (C=O) groups is 1. The fraction of sp³-hybridized carbons (Fsp3) is 0.900. The molecule has 0 spiro atoms. The number of carbonyl (C=O) groups excluding carboxylic acids is 1. The molecular weight excluding hydrogens is 178 g/mol. The van der Waals surface area contributed by atoms with Gasteiger partial charge in [0, 0.05) is 0 Å². The first-order chi connectivity index (χ1) is 6.45. The zero-order chi connectivity index (χ0) is 11.1. The minimum absolute atomic E-state index is 0.114. The molecule has 0 saturated carbocycles. The minimum Gasteiger partial charge on any atom is -0.368 e. The summed E-state index contributed by atoms with van der Waals surface area (Å²) in [6, 6.07) is -0.114. The molecule has 0 aliphatic rings. The predicted octanol–water partition coefficient (Wildman–Crippen LogP) is 0.134. The molecule has 1 atom stereocenters. The molecule has 0 aromatic carbocycles. The Labute approximate surface area is 87.0 Å². The van der Waals surface area contributed by atoms with Crippen molar-refractivity contribution in [2.24, 2.45) is 5.73 Å². The molecule has 14 heavy (non-hydrogen) atoms. The summed E-state index contributed by atoms with van der Waals surface area (Å²) in [5, 5.41) is 0. The van der Waals surface area contributed by atoms with Crippen LogP contribution in [0.1, 0.15) is 19.3 Å². The van der Waals surface area contributed by atoms with E-state index in [1.54, 1.807) is 0 Å². The number of primary amides is 1. The Morgan fingerprint density at radius 2 is 1.79 bits per heavy atom. The van der Waals surface area contributed by atoms with E-state index < -0.39 is 0 Å². The zero-order valence-electron chi connectivity index (χ0n) is 9.79. The monoisotopic (exact) mass is 201 g/mol. The number of nitrogens with two attached hydrogens (primary N) is 1. The van der Waals surface area contributed by atoms with E-state index in [4.69, 9.17) is 5.73 Å². The summed E-state index contributed by atoms with van der Waals surface area (Å²) in [4.78, 5) is 15.1. The second kappa shape index (κ2) is 6.79. The van der Waals surface area contributed by atoms with Gasteiger partial charge in [0.1, 0.15) is 0 Å². The van der Waals surface area contributed by atoms with Crippen LogP contribution in [-0.2, 0) is 4.79 Å². The summed E-state index contributed by atoms with van der Waals surface area (Å²) in [6.07, 6.45) is 3.02. The van der Waals surface area contributed by atoms with Gasteiger partial charge in [0.15, 0.2) is 0 Å². The number of hydrogen-bond acceptors (Lipinski definition) is 3. The average Bonchev–Trinajstić information content (AvgIpc) is 2.01. The van der Waals surface area contributed by atoms with Gasteiger partial charge in [0.25, 0.3) is 0 Å². The Balaban J connectivity index is 3.67. The molecule has 0 aromatic rings. The van der Waals surface area contributed by atoms with Crippen molar-refractivity contribution in [3.63, 3.8) is 0 Å². The molecule has 2 N–H and O–H groups in total. The molecule has 0 radical (unpaired) electrons. The lowest BCUT2D eigenvalue weighted by atomic mass is 10.1. The van der Waals surface area contributed by atoms with Crippen LogP contribution in [0.4, 0.5) is 0 Å². The third-order valence-electron chi connectivity index (χ3n) is 2.28. The molecule has 4 nitrogen and oxygen atoms in total. The number of nitrogens with zero attached hydrogens (tertiary/aromatic N) is 2.